The van der Waals surface area contributed by atoms with Gasteiger partial charge in [-0.25, -0.2) is 9.97 Å². The fourth-order valence-electron chi connectivity index (χ4n) is 8.90. The molecule has 0 N–H and O–H groups in total. The molecule has 9 aromatic carbocycles. The topological polar surface area (TPSA) is 35.6 Å². The maximum atomic E-state index is 5.52. The predicted molar refractivity (Wildman–Crippen MR) is 217 cm³/mol. The molecule has 3 heterocycles. The summed E-state index contributed by atoms with van der Waals surface area (Å²) in [6.45, 7) is 0. The van der Waals surface area contributed by atoms with Gasteiger partial charge in [-0.3, -0.25) is 4.57 Å². The van der Waals surface area contributed by atoms with Crippen LogP contribution in [-0.4, -0.2) is 19.1 Å². The van der Waals surface area contributed by atoms with Crippen molar-refractivity contribution in [2.75, 3.05) is 0 Å². The van der Waals surface area contributed by atoms with Crippen molar-refractivity contribution in [3.05, 3.63) is 170 Å². The molecule has 0 bridgehead atoms. The van der Waals surface area contributed by atoms with Crippen LogP contribution in [0.5, 0.6) is 0 Å². The number of nitrogens with zero attached hydrogens (tertiary/aromatic N) is 4. The minimum Gasteiger partial charge on any atom is -0.309 e. The number of hydrogen-bond acceptors (Lipinski definition) is 2. The highest BCUT2D eigenvalue weighted by atomic mass is 15.2. The van der Waals surface area contributed by atoms with E-state index >= 15 is 0 Å². The van der Waals surface area contributed by atoms with E-state index in [1.165, 1.54) is 64.9 Å². The Morgan fingerprint density at radius 1 is 0.346 bits per heavy atom. The highest BCUT2D eigenvalue weighted by Gasteiger charge is 2.24. The van der Waals surface area contributed by atoms with Crippen LogP contribution in [0.3, 0.4) is 0 Å². The molecule has 4 heteroatoms. The largest absolute Gasteiger partial charge is 0.309 e. The molecule has 0 amide bonds. The number of hydrogen-bond donors (Lipinski definition) is 0. The molecular formula is C48H28N4. The SMILES string of the molecule is c1ccc(-n2c3ccccc3c3cc(-c4nc(-n5c6cccc7c8ccccc8c8c9ccccc9cc5c8c76)nc5ccccc45)ccc32)cc1. The number of benzene rings is 9. The van der Waals surface area contributed by atoms with E-state index < -0.39 is 0 Å². The maximum Gasteiger partial charge on any atom is 0.235 e. The van der Waals surface area contributed by atoms with Gasteiger partial charge in [0.25, 0.3) is 0 Å². The number of rotatable bonds is 3. The Labute approximate surface area is 297 Å². The second kappa shape index (κ2) is 10.3. The van der Waals surface area contributed by atoms with Crippen LogP contribution in [0.25, 0.3) is 110 Å². The molecule has 4 nitrogen and oxygen atoms in total. The summed E-state index contributed by atoms with van der Waals surface area (Å²) < 4.78 is 4.65. The lowest BCUT2D eigenvalue weighted by Gasteiger charge is -2.13. The van der Waals surface area contributed by atoms with Gasteiger partial charge in [0.05, 0.1) is 33.3 Å². The van der Waals surface area contributed by atoms with E-state index in [9.17, 15) is 0 Å². The zero-order valence-corrected chi connectivity index (χ0v) is 28.0. The number of fused-ring (bicyclic) bond motifs is 9. The molecule has 12 rings (SSSR count). The molecule has 0 saturated heterocycles. The monoisotopic (exact) mass is 660 g/mol. The van der Waals surface area contributed by atoms with Gasteiger partial charge in [0.15, 0.2) is 0 Å². The van der Waals surface area contributed by atoms with E-state index in [1.807, 2.05) is 0 Å². The van der Waals surface area contributed by atoms with Gasteiger partial charge in [-0.2, -0.15) is 0 Å². The van der Waals surface area contributed by atoms with Crippen LogP contribution in [0.1, 0.15) is 0 Å². The normalized spacial score (nSPS) is 12.2. The van der Waals surface area contributed by atoms with Crippen molar-refractivity contribution < 1.29 is 0 Å². The van der Waals surface area contributed by atoms with Gasteiger partial charge in [-0.05, 0) is 75.5 Å². The quantitative estimate of drug-likeness (QED) is 0.177. The van der Waals surface area contributed by atoms with Crippen LogP contribution in [0.2, 0.25) is 0 Å². The van der Waals surface area contributed by atoms with E-state index in [0.29, 0.717) is 5.95 Å². The lowest BCUT2D eigenvalue weighted by atomic mass is 9.91. The zero-order valence-electron chi connectivity index (χ0n) is 28.0. The third-order valence-corrected chi connectivity index (χ3v) is 11.0. The summed E-state index contributed by atoms with van der Waals surface area (Å²) in [5.74, 6) is 0.671. The molecule has 0 saturated carbocycles. The van der Waals surface area contributed by atoms with E-state index in [2.05, 4.69) is 179 Å². The van der Waals surface area contributed by atoms with E-state index in [4.69, 9.17) is 9.97 Å². The molecule has 240 valence electrons. The summed E-state index contributed by atoms with van der Waals surface area (Å²) in [4.78, 5) is 10.8. The maximum absolute atomic E-state index is 5.52. The minimum absolute atomic E-state index is 0.671. The van der Waals surface area contributed by atoms with Crippen LogP contribution < -0.4 is 0 Å². The zero-order chi connectivity index (χ0) is 33.9. The van der Waals surface area contributed by atoms with Gasteiger partial charge in [-0.1, -0.05) is 121 Å². The number of aromatic nitrogens is 4. The van der Waals surface area contributed by atoms with Crippen LogP contribution >= 0.6 is 0 Å². The van der Waals surface area contributed by atoms with Gasteiger partial charge in [0.1, 0.15) is 0 Å². The lowest BCUT2D eigenvalue weighted by Crippen LogP contribution is -2.03. The summed E-state index contributed by atoms with van der Waals surface area (Å²) in [6.07, 6.45) is 0. The standard InChI is InChI=1S/C48H28N4/c1-2-14-31(15-3-1)51-40-23-11-9-18-34(40)38-27-30(25-26-41(38)51)47-37-20-8-10-22-39(37)49-48(50-47)52-42-24-12-21-36-33-17-6-7-19-35(33)44-32-16-5-4-13-29(32)28-43(52)46(44)45(36)42/h1-28H. The van der Waals surface area contributed by atoms with Crippen molar-refractivity contribution in [1.82, 2.24) is 19.1 Å². The Balaban J connectivity index is 1.19. The minimum atomic E-state index is 0.671. The van der Waals surface area contributed by atoms with Crippen molar-refractivity contribution in [3.8, 4) is 22.9 Å². The van der Waals surface area contributed by atoms with Gasteiger partial charge < -0.3 is 4.57 Å². The highest BCUT2D eigenvalue weighted by molar-refractivity contribution is 6.39. The summed E-state index contributed by atoms with van der Waals surface area (Å²) in [6, 6.07) is 61.1. The molecule has 52 heavy (non-hydrogen) atoms. The molecule has 0 aliphatic rings. The fourth-order valence-corrected chi connectivity index (χ4v) is 8.90. The molecule has 0 radical (unpaired) electrons. The summed E-state index contributed by atoms with van der Waals surface area (Å²) >= 11 is 0. The smallest absolute Gasteiger partial charge is 0.235 e. The molecule has 12 aromatic rings. The van der Waals surface area contributed by atoms with Gasteiger partial charge >= 0.3 is 0 Å². The molecular weight excluding hydrogens is 633 g/mol. The Hall–Kier alpha value is -7.04. The first-order chi connectivity index (χ1) is 25.8. The van der Waals surface area contributed by atoms with Gasteiger partial charge in [0, 0.05) is 43.6 Å². The van der Waals surface area contributed by atoms with Crippen molar-refractivity contribution in [2.24, 2.45) is 0 Å². The third-order valence-electron chi connectivity index (χ3n) is 11.0. The van der Waals surface area contributed by atoms with Crippen LogP contribution in [0.4, 0.5) is 0 Å². The number of para-hydroxylation sites is 3. The molecule has 0 atom stereocenters. The Morgan fingerprint density at radius 2 is 1.00 bits per heavy atom. The first kappa shape index (κ1) is 27.7. The average Bonchev–Trinajstić information content (AvgIpc) is 3.72. The third kappa shape index (κ3) is 3.65. The lowest BCUT2D eigenvalue weighted by molar-refractivity contribution is 1.01. The van der Waals surface area contributed by atoms with E-state index in [1.54, 1.807) is 0 Å². The Bertz CT molecular complexity index is 3400. The van der Waals surface area contributed by atoms with Crippen LogP contribution in [0.15, 0.2) is 170 Å². The highest BCUT2D eigenvalue weighted by Crippen LogP contribution is 2.46. The molecule has 0 spiro atoms. The summed E-state index contributed by atoms with van der Waals surface area (Å²) in [5.41, 5.74) is 8.63. The molecule has 0 aliphatic carbocycles. The Morgan fingerprint density at radius 3 is 1.88 bits per heavy atom. The molecule has 0 aliphatic heterocycles. The van der Waals surface area contributed by atoms with E-state index in [0.717, 1.165) is 38.9 Å². The van der Waals surface area contributed by atoms with Crippen molar-refractivity contribution >= 4 is 86.8 Å². The Kier molecular flexibility index (Phi) is 5.47. The van der Waals surface area contributed by atoms with Crippen molar-refractivity contribution in [3.63, 3.8) is 0 Å². The predicted octanol–water partition coefficient (Wildman–Crippen LogP) is 12.4. The van der Waals surface area contributed by atoms with Crippen LogP contribution in [0, 0.1) is 0 Å². The first-order valence-corrected chi connectivity index (χ1v) is 17.8. The first-order valence-electron chi connectivity index (χ1n) is 17.8. The van der Waals surface area contributed by atoms with Crippen molar-refractivity contribution in [2.45, 2.75) is 0 Å². The summed E-state index contributed by atoms with van der Waals surface area (Å²) in [7, 11) is 0. The summed E-state index contributed by atoms with van der Waals surface area (Å²) in [5, 5.41) is 13.5. The molecule has 0 fully saturated rings. The molecule has 0 unspecified atom stereocenters. The van der Waals surface area contributed by atoms with Gasteiger partial charge in [-0.15, -0.1) is 0 Å². The van der Waals surface area contributed by atoms with Crippen molar-refractivity contribution in [1.29, 1.82) is 0 Å². The second-order valence-electron chi connectivity index (χ2n) is 13.8. The molecule has 3 aromatic heterocycles. The second-order valence-corrected chi connectivity index (χ2v) is 13.8. The average molecular weight is 661 g/mol. The van der Waals surface area contributed by atoms with Gasteiger partial charge in [0.2, 0.25) is 5.95 Å². The van der Waals surface area contributed by atoms with Crippen LogP contribution in [-0.2, 0) is 0 Å². The van der Waals surface area contributed by atoms with E-state index in [-0.39, 0.29) is 0 Å². The fraction of sp³-hybridized carbons (Fsp3) is 0.